The zero-order valence-corrected chi connectivity index (χ0v) is 10.6. The van der Waals surface area contributed by atoms with Crippen LogP contribution in [0.2, 0.25) is 0 Å². The first-order chi connectivity index (χ1) is 8.19. The largest absolute Gasteiger partial charge is 0.213 e. The molecule has 1 heterocycles. The Morgan fingerprint density at radius 3 is 3.00 bits per heavy atom. The second-order valence-electron chi connectivity index (χ2n) is 3.31. The van der Waals surface area contributed by atoms with Crippen molar-refractivity contribution in [3.05, 3.63) is 41.0 Å². The van der Waals surface area contributed by atoms with Gasteiger partial charge in [0.2, 0.25) is 0 Å². The van der Waals surface area contributed by atoms with Crippen molar-refractivity contribution in [3.63, 3.8) is 0 Å². The molecule has 0 amide bonds. The molecule has 0 aliphatic rings. The molecule has 1 aromatic heterocycles. The summed E-state index contributed by atoms with van der Waals surface area (Å²) in [7, 11) is 0. The van der Waals surface area contributed by atoms with Gasteiger partial charge in [-0.3, -0.25) is 0 Å². The third-order valence-electron chi connectivity index (χ3n) is 2.03. The van der Waals surface area contributed by atoms with Gasteiger partial charge in [-0.2, -0.15) is 9.64 Å². The van der Waals surface area contributed by atoms with Crippen LogP contribution in [-0.2, 0) is 5.75 Å². The van der Waals surface area contributed by atoms with Crippen molar-refractivity contribution in [2.45, 2.75) is 17.0 Å². The maximum atomic E-state index is 13.5. The Labute approximate surface area is 106 Å². The number of aryl methyl sites for hydroxylation is 1. The third-order valence-corrected chi connectivity index (χ3v) is 4.01. The summed E-state index contributed by atoms with van der Waals surface area (Å²) in [4.78, 5) is 4.18. The van der Waals surface area contributed by atoms with E-state index in [-0.39, 0.29) is 5.82 Å². The van der Waals surface area contributed by atoms with Crippen LogP contribution in [0.15, 0.2) is 22.5 Å². The molecule has 3 nitrogen and oxygen atoms in total. The Hall–Kier alpha value is -1.45. The molecule has 0 unspecified atom stereocenters. The predicted octanol–water partition coefficient (Wildman–Crippen LogP) is 3.15. The Balaban J connectivity index is 2.11. The highest BCUT2D eigenvalue weighted by molar-refractivity contribution is 8.00. The van der Waals surface area contributed by atoms with E-state index in [1.807, 2.05) is 13.0 Å². The van der Waals surface area contributed by atoms with Crippen LogP contribution in [-0.4, -0.2) is 9.36 Å². The van der Waals surface area contributed by atoms with Crippen LogP contribution >= 0.6 is 23.3 Å². The van der Waals surface area contributed by atoms with E-state index >= 15 is 0 Å². The second-order valence-corrected chi connectivity index (χ2v) is 5.29. The van der Waals surface area contributed by atoms with Crippen LogP contribution < -0.4 is 0 Å². The second kappa shape index (κ2) is 5.25. The quantitative estimate of drug-likeness (QED) is 0.800. The van der Waals surface area contributed by atoms with Gasteiger partial charge in [-0.1, -0.05) is 11.8 Å². The van der Waals surface area contributed by atoms with E-state index < -0.39 is 0 Å². The first kappa shape index (κ1) is 12.0. The lowest BCUT2D eigenvalue weighted by atomic mass is 10.1. The first-order valence-electron chi connectivity index (χ1n) is 4.80. The summed E-state index contributed by atoms with van der Waals surface area (Å²) in [6.07, 6.45) is 0. The SMILES string of the molecule is Cc1nsc(SCc2cc(C#N)ccc2F)n1. The van der Waals surface area contributed by atoms with Crippen LogP contribution in [0.25, 0.3) is 0 Å². The van der Waals surface area contributed by atoms with Crippen molar-refractivity contribution < 1.29 is 4.39 Å². The van der Waals surface area contributed by atoms with Crippen molar-refractivity contribution in [2.75, 3.05) is 0 Å². The molecule has 0 aliphatic carbocycles. The van der Waals surface area contributed by atoms with E-state index in [9.17, 15) is 4.39 Å². The van der Waals surface area contributed by atoms with Gasteiger partial charge in [0.05, 0.1) is 11.6 Å². The van der Waals surface area contributed by atoms with Gasteiger partial charge >= 0.3 is 0 Å². The molecule has 0 saturated carbocycles. The Morgan fingerprint density at radius 1 is 1.53 bits per heavy atom. The number of aromatic nitrogens is 2. The first-order valence-corrected chi connectivity index (χ1v) is 6.56. The minimum absolute atomic E-state index is 0.294. The summed E-state index contributed by atoms with van der Waals surface area (Å²) in [5.74, 6) is 0.886. The predicted molar refractivity (Wildman–Crippen MR) is 65.3 cm³/mol. The van der Waals surface area contributed by atoms with Gasteiger partial charge in [-0.15, -0.1) is 0 Å². The molecule has 1 aromatic carbocycles. The van der Waals surface area contributed by atoms with E-state index in [1.165, 1.54) is 35.4 Å². The maximum absolute atomic E-state index is 13.5. The zero-order valence-electron chi connectivity index (χ0n) is 8.98. The molecule has 0 atom stereocenters. The minimum Gasteiger partial charge on any atom is -0.213 e. The average molecular weight is 265 g/mol. The lowest BCUT2D eigenvalue weighted by Crippen LogP contribution is -1.89. The smallest absolute Gasteiger partial charge is 0.170 e. The summed E-state index contributed by atoms with van der Waals surface area (Å²) in [6.45, 7) is 1.82. The van der Waals surface area contributed by atoms with Gasteiger partial charge in [0.25, 0.3) is 0 Å². The average Bonchev–Trinajstić information content (AvgIpc) is 2.74. The fourth-order valence-electron chi connectivity index (χ4n) is 1.23. The lowest BCUT2D eigenvalue weighted by Gasteiger charge is -2.01. The van der Waals surface area contributed by atoms with Crippen molar-refractivity contribution in [2.24, 2.45) is 0 Å². The summed E-state index contributed by atoms with van der Waals surface area (Å²) >= 11 is 2.72. The van der Waals surface area contributed by atoms with Gasteiger partial charge in [-0.25, -0.2) is 9.37 Å². The van der Waals surface area contributed by atoms with Crippen molar-refractivity contribution >= 4 is 23.3 Å². The molecule has 6 heteroatoms. The lowest BCUT2D eigenvalue weighted by molar-refractivity contribution is 0.617. The number of halogens is 1. The molecule has 2 aromatic rings. The molecular formula is C11H8FN3S2. The van der Waals surface area contributed by atoms with Crippen LogP contribution in [0.3, 0.4) is 0 Å². The van der Waals surface area contributed by atoms with E-state index in [4.69, 9.17) is 5.26 Å². The molecule has 0 radical (unpaired) electrons. The van der Waals surface area contributed by atoms with Crippen molar-refractivity contribution in [1.82, 2.24) is 9.36 Å². The Bertz CT molecular complexity index is 574. The number of nitriles is 1. The minimum atomic E-state index is -0.294. The molecule has 0 N–H and O–H groups in total. The molecule has 17 heavy (non-hydrogen) atoms. The van der Waals surface area contributed by atoms with Crippen LogP contribution in [0.5, 0.6) is 0 Å². The van der Waals surface area contributed by atoms with Gasteiger partial charge in [0, 0.05) is 5.75 Å². The number of thioether (sulfide) groups is 1. The van der Waals surface area contributed by atoms with Gasteiger partial charge in [0.15, 0.2) is 4.34 Å². The van der Waals surface area contributed by atoms with Crippen LogP contribution in [0.4, 0.5) is 4.39 Å². The number of rotatable bonds is 3. The summed E-state index contributed by atoms with van der Waals surface area (Å²) in [5, 5.41) is 8.74. The standard InChI is InChI=1S/C11H8FN3S2/c1-7-14-11(17-15-7)16-6-9-4-8(5-13)2-3-10(9)12/h2-4H,6H2,1H3. The highest BCUT2D eigenvalue weighted by atomic mass is 32.2. The molecular weight excluding hydrogens is 257 g/mol. The normalized spacial score (nSPS) is 10.2. The van der Waals surface area contributed by atoms with Gasteiger partial charge in [-0.05, 0) is 42.2 Å². The Kier molecular flexibility index (Phi) is 3.71. The number of nitrogens with zero attached hydrogens (tertiary/aromatic N) is 3. The van der Waals surface area contributed by atoms with E-state index in [1.54, 1.807) is 6.07 Å². The highest BCUT2D eigenvalue weighted by Gasteiger charge is 2.07. The monoisotopic (exact) mass is 265 g/mol. The van der Waals surface area contributed by atoms with E-state index in [0.717, 1.165) is 10.2 Å². The fourth-order valence-corrected chi connectivity index (χ4v) is 2.85. The molecule has 0 fully saturated rings. The van der Waals surface area contributed by atoms with Crippen LogP contribution in [0.1, 0.15) is 17.0 Å². The Morgan fingerprint density at radius 2 is 2.35 bits per heavy atom. The summed E-state index contributed by atoms with van der Waals surface area (Å²) in [5.41, 5.74) is 0.984. The molecule has 2 rings (SSSR count). The third kappa shape index (κ3) is 3.02. The van der Waals surface area contributed by atoms with Crippen molar-refractivity contribution in [1.29, 1.82) is 5.26 Å². The summed E-state index contributed by atoms with van der Waals surface area (Å²) < 4.78 is 18.3. The number of hydrogen-bond acceptors (Lipinski definition) is 5. The highest BCUT2D eigenvalue weighted by Crippen LogP contribution is 2.25. The maximum Gasteiger partial charge on any atom is 0.170 e. The van der Waals surface area contributed by atoms with E-state index in [0.29, 0.717) is 16.9 Å². The molecule has 0 spiro atoms. The molecule has 0 aliphatic heterocycles. The fraction of sp³-hybridized carbons (Fsp3) is 0.182. The zero-order chi connectivity index (χ0) is 12.3. The van der Waals surface area contributed by atoms with Crippen LogP contribution in [0, 0.1) is 24.1 Å². The summed E-state index contributed by atoms with van der Waals surface area (Å²) in [6, 6.07) is 6.35. The molecule has 86 valence electrons. The van der Waals surface area contributed by atoms with E-state index in [2.05, 4.69) is 9.36 Å². The topological polar surface area (TPSA) is 49.6 Å². The number of benzene rings is 1. The molecule has 0 saturated heterocycles. The van der Waals surface area contributed by atoms with Crippen molar-refractivity contribution in [3.8, 4) is 6.07 Å². The van der Waals surface area contributed by atoms with Gasteiger partial charge in [0.1, 0.15) is 11.6 Å². The number of hydrogen-bond donors (Lipinski definition) is 0. The van der Waals surface area contributed by atoms with Gasteiger partial charge < -0.3 is 0 Å². The molecule has 0 bridgehead atoms.